The van der Waals surface area contributed by atoms with Crippen LogP contribution in [0.15, 0.2) is 83.3 Å². The van der Waals surface area contributed by atoms with Gasteiger partial charge in [-0.3, -0.25) is 0 Å². The summed E-state index contributed by atoms with van der Waals surface area (Å²) in [6, 6.07) is 23.5. The van der Waals surface area contributed by atoms with Gasteiger partial charge in [-0.2, -0.15) is 5.10 Å². The third kappa shape index (κ3) is 4.15. The topological polar surface area (TPSA) is 67.2 Å². The molecule has 3 aromatic carbocycles. The molecule has 0 aliphatic carbocycles. The molecule has 166 valence electrons. The molecular weight excluding hydrogens is 434 g/mol. The van der Waals surface area contributed by atoms with Gasteiger partial charge in [0.25, 0.3) is 0 Å². The third-order valence-electron chi connectivity index (χ3n) is 5.69. The SMILES string of the molecule is COc1ccc(C2CC(c3ccccc3)=NN2c2nc(-c3ccc(OC)cc3O)cs2)cc1. The Bertz CT molecular complexity index is 1290. The highest BCUT2D eigenvalue weighted by atomic mass is 32.1. The van der Waals surface area contributed by atoms with Crippen LogP contribution in [0.1, 0.15) is 23.6 Å². The molecule has 0 bridgehead atoms. The number of phenols is 1. The highest BCUT2D eigenvalue weighted by molar-refractivity contribution is 7.14. The minimum atomic E-state index is 0.00887. The molecule has 1 N–H and O–H groups in total. The van der Waals surface area contributed by atoms with Crippen LogP contribution in [0.2, 0.25) is 0 Å². The number of ether oxygens (including phenoxy) is 2. The first-order valence-corrected chi connectivity index (χ1v) is 11.4. The van der Waals surface area contributed by atoms with Crippen LogP contribution in [-0.4, -0.2) is 30.0 Å². The number of methoxy groups -OCH3 is 2. The predicted molar refractivity (Wildman–Crippen MR) is 132 cm³/mol. The lowest BCUT2D eigenvalue weighted by atomic mass is 9.98. The summed E-state index contributed by atoms with van der Waals surface area (Å²) >= 11 is 1.50. The maximum absolute atomic E-state index is 10.5. The van der Waals surface area contributed by atoms with Crippen LogP contribution in [0, 0.1) is 0 Å². The van der Waals surface area contributed by atoms with E-state index in [1.807, 2.05) is 52.9 Å². The Morgan fingerprint density at radius 3 is 2.36 bits per heavy atom. The zero-order valence-electron chi connectivity index (χ0n) is 18.3. The van der Waals surface area contributed by atoms with Gasteiger partial charge >= 0.3 is 0 Å². The molecule has 1 atom stereocenters. The molecular formula is C26H23N3O3S. The summed E-state index contributed by atoms with van der Waals surface area (Å²) in [5.74, 6) is 1.55. The van der Waals surface area contributed by atoms with Gasteiger partial charge < -0.3 is 14.6 Å². The number of hydrogen-bond acceptors (Lipinski definition) is 7. The van der Waals surface area contributed by atoms with E-state index >= 15 is 0 Å². The largest absolute Gasteiger partial charge is 0.507 e. The molecule has 1 unspecified atom stereocenters. The molecule has 0 saturated carbocycles. The molecule has 0 saturated heterocycles. The average molecular weight is 458 g/mol. The number of hydrogen-bond donors (Lipinski definition) is 1. The maximum Gasteiger partial charge on any atom is 0.207 e. The monoisotopic (exact) mass is 457 g/mol. The molecule has 4 aromatic rings. The van der Waals surface area contributed by atoms with Gasteiger partial charge in [0.15, 0.2) is 0 Å². The number of phenolic OH excluding ortho intramolecular Hbond substituents is 1. The highest BCUT2D eigenvalue weighted by Gasteiger charge is 2.32. The van der Waals surface area contributed by atoms with Gasteiger partial charge in [-0.1, -0.05) is 42.5 Å². The molecule has 1 aliphatic heterocycles. The summed E-state index contributed by atoms with van der Waals surface area (Å²) in [5, 5.41) is 20.1. The van der Waals surface area contributed by atoms with Crippen LogP contribution in [0.4, 0.5) is 5.13 Å². The van der Waals surface area contributed by atoms with Crippen LogP contribution in [0.3, 0.4) is 0 Å². The molecule has 33 heavy (non-hydrogen) atoms. The van der Waals surface area contributed by atoms with Crippen molar-refractivity contribution >= 4 is 22.2 Å². The van der Waals surface area contributed by atoms with Crippen molar-refractivity contribution in [3.8, 4) is 28.5 Å². The zero-order valence-corrected chi connectivity index (χ0v) is 19.1. The van der Waals surface area contributed by atoms with Gasteiger partial charge in [-0.05, 0) is 35.4 Å². The Balaban J connectivity index is 1.52. The van der Waals surface area contributed by atoms with Crippen molar-refractivity contribution in [2.75, 3.05) is 19.2 Å². The fourth-order valence-electron chi connectivity index (χ4n) is 3.93. The number of thiazole rings is 1. The number of anilines is 1. The summed E-state index contributed by atoms with van der Waals surface area (Å²) in [6.07, 6.45) is 0.763. The van der Waals surface area contributed by atoms with E-state index in [2.05, 4.69) is 24.3 Å². The number of hydrazone groups is 1. The molecule has 6 nitrogen and oxygen atoms in total. The zero-order chi connectivity index (χ0) is 22.8. The van der Waals surface area contributed by atoms with E-state index in [0.29, 0.717) is 17.0 Å². The second kappa shape index (κ2) is 8.96. The lowest BCUT2D eigenvalue weighted by Crippen LogP contribution is -2.18. The van der Waals surface area contributed by atoms with E-state index in [1.165, 1.54) is 11.3 Å². The van der Waals surface area contributed by atoms with Gasteiger partial charge in [-0.25, -0.2) is 9.99 Å². The molecule has 0 amide bonds. The number of aromatic nitrogens is 1. The van der Waals surface area contributed by atoms with Crippen molar-refractivity contribution in [1.29, 1.82) is 0 Å². The lowest BCUT2D eigenvalue weighted by molar-refractivity contribution is 0.408. The minimum Gasteiger partial charge on any atom is -0.507 e. The van der Waals surface area contributed by atoms with E-state index in [9.17, 15) is 5.11 Å². The van der Waals surface area contributed by atoms with Crippen molar-refractivity contribution in [3.05, 3.63) is 89.3 Å². The Hall–Kier alpha value is -3.84. The summed E-state index contributed by atoms with van der Waals surface area (Å²) in [4.78, 5) is 4.83. The Kier molecular flexibility index (Phi) is 5.71. The predicted octanol–water partition coefficient (Wildman–Crippen LogP) is 5.89. The first-order valence-electron chi connectivity index (χ1n) is 10.6. The lowest BCUT2D eigenvalue weighted by Gasteiger charge is -2.21. The molecule has 2 heterocycles. The molecule has 1 aromatic heterocycles. The van der Waals surface area contributed by atoms with Gasteiger partial charge in [-0.15, -0.1) is 11.3 Å². The number of benzene rings is 3. The molecule has 0 fully saturated rings. The van der Waals surface area contributed by atoms with Crippen LogP contribution in [0.25, 0.3) is 11.3 Å². The van der Waals surface area contributed by atoms with Crippen LogP contribution in [0.5, 0.6) is 17.2 Å². The average Bonchev–Trinajstić information content (AvgIpc) is 3.52. The van der Waals surface area contributed by atoms with Crippen molar-refractivity contribution in [3.63, 3.8) is 0 Å². The van der Waals surface area contributed by atoms with Crippen molar-refractivity contribution in [2.45, 2.75) is 12.5 Å². The Morgan fingerprint density at radius 2 is 1.67 bits per heavy atom. The summed E-state index contributed by atoms with van der Waals surface area (Å²) < 4.78 is 10.5. The van der Waals surface area contributed by atoms with Crippen molar-refractivity contribution < 1.29 is 14.6 Å². The summed E-state index contributed by atoms with van der Waals surface area (Å²) in [5.41, 5.74) is 4.61. The van der Waals surface area contributed by atoms with Gasteiger partial charge in [0.05, 0.1) is 31.7 Å². The minimum absolute atomic E-state index is 0.00887. The van der Waals surface area contributed by atoms with E-state index in [0.717, 1.165) is 34.1 Å². The standard InChI is InChI=1S/C26H23N3O3S/c1-31-19-10-8-18(9-11-19)24-15-22(17-6-4-3-5-7-17)28-29(24)26-27-23(16-33-26)21-13-12-20(32-2)14-25(21)30/h3-14,16,24,30H,15H2,1-2H3. The van der Waals surface area contributed by atoms with Crippen LogP contribution in [-0.2, 0) is 0 Å². The fraction of sp³-hybridized carbons (Fsp3) is 0.154. The van der Waals surface area contributed by atoms with Crippen LogP contribution >= 0.6 is 11.3 Å². The quantitative estimate of drug-likeness (QED) is 0.391. The highest BCUT2D eigenvalue weighted by Crippen LogP contribution is 2.41. The Labute approximate surface area is 196 Å². The summed E-state index contributed by atoms with van der Waals surface area (Å²) in [7, 11) is 3.24. The third-order valence-corrected chi connectivity index (χ3v) is 6.52. The number of aromatic hydroxyl groups is 1. The van der Waals surface area contributed by atoms with E-state index < -0.39 is 0 Å². The second-order valence-electron chi connectivity index (χ2n) is 7.65. The van der Waals surface area contributed by atoms with Gasteiger partial charge in [0.1, 0.15) is 17.2 Å². The van der Waals surface area contributed by atoms with E-state index in [1.54, 1.807) is 20.3 Å². The first kappa shape index (κ1) is 21.0. The second-order valence-corrected chi connectivity index (χ2v) is 8.49. The van der Waals surface area contributed by atoms with Crippen LogP contribution < -0.4 is 14.5 Å². The molecule has 0 spiro atoms. The maximum atomic E-state index is 10.5. The normalized spacial score (nSPS) is 15.4. The molecule has 1 aliphatic rings. The van der Waals surface area contributed by atoms with E-state index in [4.69, 9.17) is 19.6 Å². The number of rotatable bonds is 6. The molecule has 7 heteroatoms. The molecule has 0 radical (unpaired) electrons. The fourth-order valence-corrected chi connectivity index (χ4v) is 4.75. The van der Waals surface area contributed by atoms with Gasteiger partial charge in [0, 0.05) is 23.4 Å². The first-order chi connectivity index (χ1) is 16.2. The smallest absolute Gasteiger partial charge is 0.207 e. The summed E-state index contributed by atoms with van der Waals surface area (Å²) in [6.45, 7) is 0. The van der Waals surface area contributed by atoms with E-state index in [-0.39, 0.29) is 11.8 Å². The number of nitrogens with zero attached hydrogens (tertiary/aromatic N) is 3. The Morgan fingerprint density at radius 1 is 0.939 bits per heavy atom. The van der Waals surface area contributed by atoms with Crippen molar-refractivity contribution in [2.24, 2.45) is 5.10 Å². The van der Waals surface area contributed by atoms with Crippen molar-refractivity contribution in [1.82, 2.24) is 4.98 Å². The van der Waals surface area contributed by atoms with Gasteiger partial charge in [0.2, 0.25) is 5.13 Å². The molecule has 5 rings (SSSR count).